The van der Waals surface area contributed by atoms with Gasteiger partial charge in [-0.05, 0) is 24.6 Å². The Morgan fingerprint density at radius 3 is 3.00 bits per heavy atom. The van der Waals surface area contributed by atoms with E-state index in [1.165, 1.54) is 0 Å². The number of hydrogen-bond acceptors (Lipinski definition) is 4. The van der Waals surface area contributed by atoms with Crippen molar-refractivity contribution in [3.8, 4) is 0 Å². The third-order valence-electron chi connectivity index (χ3n) is 2.32. The van der Waals surface area contributed by atoms with E-state index in [0.29, 0.717) is 5.82 Å². The van der Waals surface area contributed by atoms with Gasteiger partial charge in [0, 0.05) is 18.3 Å². The molecule has 1 aromatic heterocycles. The second-order valence-electron chi connectivity index (χ2n) is 3.34. The van der Waals surface area contributed by atoms with Crippen molar-refractivity contribution in [3.05, 3.63) is 23.9 Å². The summed E-state index contributed by atoms with van der Waals surface area (Å²) in [5, 5.41) is 0. The summed E-state index contributed by atoms with van der Waals surface area (Å²) in [4.78, 5) is 12.2. The SMILES string of the molecule is CC1N=CN=CC1c1ccnc(N)c1. The summed E-state index contributed by atoms with van der Waals surface area (Å²) in [6.45, 7) is 2.06. The van der Waals surface area contributed by atoms with Crippen LogP contribution in [0.2, 0.25) is 0 Å². The Hall–Kier alpha value is -1.71. The molecule has 0 bridgehead atoms. The van der Waals surface area contributed by atoms with Crippen LogP contribution in [0, 0.1) is 0 Å². The van der Waals surface area contributed by atoms with Gasteiger partial charge in [-0.3, -0.25) is 4.99 Å². The minimum Gasteiger partial charge on any atom is -0.384 e. The van der Waals surface area contributed by atoms with Gasteiger partial charge < -0.3 is 5.73 Å². The van der Waals surface area contributed by atoms with Gasteiger partial charge in [0.1, 0.15) is 12.2 Å². The Morgan fingerprint density at radius 2 is 2.29 bits per heavy atom. The van der Waals surface area contributed by atoms with Crippen LogP contribution in [0.1, 0.15) is 18.4 Å². The molecule has 2 unspecified atom stereocenters. The summed E-state index contributed by atoms with van der Waals surface area (Å²) in [6.07, 6.45) is 5.20. The Bertz CT molecular complexity index is 383. The molecule has 2 heterocycles. The van der Waals surface area contributed by atoms with E-state index in [-0.39, 0.29) is 12.0 Å². The van der Waals surface area contributed by atoms with Gasteiger partial charge in [0.15, 0.2) is 0 Å². The lowest BCUT2D eigenvalue weighted by Gasteiger charge is -2.18. The number of anilines is 1. The van der Waals surface area contributed by atoms with Crippen LogP contribution in [0.25, 0.3) is 0 Å². The molecule has 14 heavy (non-hydrogen) atoms. The Labute approximate surface area is 82.6 Å². The normalized spacial score (nSPS) is 25.2. The van der Waals surface area contributed by atoms with Crippen LogP contribution in [0.4, 0.5) is 5.82 Å². The predicted octanol–water partition coefficient (Wildman–Crippen LogP) is 1.25. The summed E-state index contributed by atoms with van der Waals surface area (Å²) >= 11 is 0. The van der Waals surface area contributed by atoms with Gasteiger partial charge in [-0.15, -0.1) is 0 Å². The van der Waals surface area contributed by atoms with E-state index in [2.05, 4.69) is 21.9 Å². The Kier molecular flexibility index (Phi) is 2.26. The average Bonchev–Trinajstić information content (AvgIpc) is 2.18. The standard InChI is InChI=1S/C10H12N4/c1-7-9(5-12-6-14-7)8-2-3-13-10(11)4-8/h2-7,9H,1H3,(H2,11,13). The molecule has 0 amide bonds. The second-order valence-corrected chi connectivity index (χ2v) is 3.34. The highest BCUT2D eigenvalue weighted by molar-refractivity contribution is 5.80. The molecule has 0 fully saturated rings. The Morgan fingerprint density at radius 1 is 1.43 bits per heavy atom. The van der Waals surface area contributed by atoms with Crippen LogP contribution in [0.5, 0.6) is 0 Å². The molecule has 2 N–H and O–H groups in total. The van der Waals surface area contributed by atoms with Gasteiger partial charge in [0.2, 0.25) is 0 Å². The van der Waals surface area contributed by atoms with Crippen molar-refractivity contribution < 1.29 is 0 Å². The molecule has 0 aromatic carbocycles. The largest absolute Gasteiger partial charge is 0.384 e. The number of hydrogen-bond donors (Lipinski definition) is 1. The van der Waals surface area contributed by atoms with Crippen LogP contribution < -0.4 is 5.73 Å². The molecule has 0 aliphatic carbocycles. The van der Waals surface area contributed by atoms with Gasteiger partial charge in [-0.25, -0.2) is 9.98 Å². The predicted molar refractivity (Wildman–Crippen MR) is 57.8 cm³/mol. The van der Waals surface area contributed by atoms with Crippen molar-refractivity contribution in [2.45, 2.75) is 18.9 Å². The van der Waals surface area contributed by atoms with Gasteiger partial charge in [-0.2, -0.15) is 0 Å². The Balaban J connectivity index is 2.31. The zero-order valence-electron chi connectivity index (χ0n) is 7.96. The van der Waals surface area contributed by atoms with E-state index in [4.69, 9.17) is 5.73 Å². The lowest BCUT2D eigenvalue weighted by Crippen LogP contribution is -2.18. The fourth-order valence-electron chi connectivity index (χ4n) is 1.53. The fourth-order valence-corrected chi connectivity index (χ4v) is 1.53. The first-order valence-corrected chi connectivity index (χ1v) is 4.54. The van der Waals surface area contributed by atoms with Crippen LogP contribution in [0.15, 0.2) is 28.3 Å². The summed E-state index contributed by atoms with van der Waals surface area (Å²) in [5.74, 6) is 0.753. The highest BCUT2D eigenvalue weighted by atomic mass is 14.9. The van der Waals surface area contributed by atoms with E-state index >= 15 is 0 Å². The summed E-state index contributed by atoms with van der Waals surface area (Å²) in [7, 11) is 0. The number of nitrogen functional groups attached to an aromatic ring is 1. The molecule has 2 rings (SSSR count). The van der Waals surface area contributed by atoms with Crippen LogP contribution >= 0.6 is 0 Å². The maximum absolute atomic E-state index is 5.62. The van der Waals surface area contributed by atoms with E-state index in [0.717, 1.165) is 5.56 Å². The molecule has 0 radical (unpaired) electrons. The van der Waals surface area contributed by atoms with Crippen molar-refractivity contribution in [2.24, 2.45) is 9.98 Å². The number of nitrogens with two attached hydrogens (primary N) is 1. The van der Waals surface area contributed by atoms with Gasteiger partial charge in [0.05, 0.1) is 6.04 Å². The number of pyridine rings is 1. The first kappa shape index (κ1) is 8.87. The first-order valence-electron chi connectivity index (χ1n) is 4.54. The van der Waals surface area contributed by atoms with E-state index in [1.54, 1.807) is 12.5 Å². The number of aliphatic imine (C=N–C) groups is 2. The summed E-state index contributed by atoms with van der Waals surface area (Å²) in [6, 6.07) is 4.03. The highest BCUT2D eigenvalue weighted by Crippen LogP contribution is 2.22. The number of rotatable bonds is 1. The fraction of sp³-hybridized carbons (Fsp3) is 0.300. The first-order chi connectivity index (χ1) is 6.77. The molecule has 1 aromatic rings. The van der Waals surface area contributed by atoms with Crippen molar-refractivity contribution in [3.63, 3.8) is 0 Å². The van der Waals surface area contributed by atoms with Crippen LogP contribution in [-0.2, 0) is 0 Å². The molecule has 2 atom stereocenters. The van der Waals surface area contributed by atoms with E-state index in [1.807, 2.05) is 18.3 Å². The van der Waals surface area contributed by atoms with E-state index < -0.39 is 0 Å². The molecule has 1 aliphatic heterocycles. The zero-order chi connectivity index (χ0) is 9.97. The topological polar surface area (TPSA) is 63.6 Å². The van der Waals surface area contributed by atoms with Crippen molar-refractivity contribution in [2.75, 3.05) is 5.73 Å². The zero-order valence-corrected chi connectivity index (χ0v) is 7.96. The summed E-state index contributed by atoms with van der Waals surface area (Å²) in [5.41, 5.74) is 6.73. The number of aromatic nitrogens is 1. The lowest BCUT2D eigenvalue weighted by molar-refractivity contribution is 0.694. The monoisotopic (exact) mass is 188 g/mol. The third-order valence-corrected chi connectivity index (χ3v) is 2.32. The molecule has 0 spiro atoms. The second kappa shape index (κ2) is 3.57. The average molecular weight is 188 g/mol. The number of nitrogens with zero attached hydrogens (tertiary/aromatic N) is 3. The van der Waals surface area contributed by atoms with Crippen molar-refractivity contribution in [1.29, 1.82) is 0 Å². The molecule has 4 nitrogen and oxygen atoms in total. The molecule has 4 heteroatoms. The van der Waals surface area contributed by atoms with Crippen molar-refractivity contribution in [1.82, 2.24) is 4.98 Å². The molecule has 72 valence electrons. The molecule has 0 saturated heterocycles. The highest BCUT2D eigenvalue weighted by Gasteiger charge is 2.18. The molecular formula is C10H12N4. The summed E-state index contributed by atoms with van der Waals surface area (Å²) < 4.78 is 0. The van der Waals surface area contributed by atoms with Gasteiger partial charge in [-0.1, -0.05) is 0 Å². The third kappa shape index (κ3) is 1.64. The van der Waals surface area contributed by atoms with E-state index in [9.17, 15) is 0 Å². The maximum atomic E-state index is 5.62. The van der Waals surface area contributed by atoms with Gasteiger partial charge >= 0.3 is 0 Å². The minimum atomic E-state index is 0.213. The molecule has 0 saturated carbocycles. The van der Waals surface area contributed by atoms with Crippen LogP contribution in [0.3, 0.4) is 0 Å². The maximum Gasteiger partial charge on any atom is 0.123 e. The molecular weight excluding hydrogens is 176 g/mol. The minimum absolute atomic E-state index is 0.213. The molecule has 1 aliphatic rings. The van der Waals surface area contributed by atoms with Crippen LogP contribution in [-0.4, -0.2) is 23.6 Å². The van der Waals surface area contributed by atoms with Gasteiger partial charge in [0.25, 0.3) is 0 Å². The smallest absolute Gasteiger partial charge is 0.123 e. The quantitative estimate of drug-likeness (QED) is 0.720. The lowest BCUT2D eigenvalue weighted by atomic mass is 9.94. The van der Waals surface area contributed by atoms with Crippen molar-refractivity contribution >= 4 is 18.4 Å².